The minimum Gasteiger partial charge on any atom is -0.497 e. The van der Waals surface area contributed by atoms with E-state index >= 15 is 0 Å². The Labute approximate surface area is 143 Å². The number of nitrogens with one attached hydrogen (secondary N) is 1. The van der Waals surface area contributed by atoms with Crippen molar-refractivity contribution in [3.63, 3.8) is 0 Å². The first kappa shape index (κ1) is 17.9. The Morgan fingerprint density at radius 3 is 2.29 bits per heavy atom. The van der Waals surface area contributed by atoms with E-state index in [1.807, 2.05) is 0 Å². The van der Waals surface area contributed by atoms with Crippen LogP contribution in [0.15, 0.2) is 42.5 Å². The van der Waals surface area contributed by atoms with Crippen LogP contribution >= 0.6 is 0 Å². The molecule has 2 aromatic carbocycles. The molecule has 2 rings (SSSR count). The van der Waals surface area contributed by atoms with E-state index in [4.69, 9.17) is 9.47 Å². The third-order valence-corrected chi connectivity index (χ3v) is 4.11. The monoisotopic (exact) mass is 327 g/mol. The molecule has 0 radical (unpaired) electrons. The lowest BCUT2D eigenvalue weighted by molar-refractivity contribution is -0.123. The molecule has 0 aliphatic carbocycles. The van der Waals surface area contributed by atoms with E-state index in [-0.39, 0.29) is 18.6 Å². The van der Waals surface area contributed by atoms with Crippen LogP contribution in [0.5, 0.6) is 11.5 Å². The van der Waals surface area contributed by atoms with Crippen molar-refractivity contribution in [1.82, 2.24) is 5.32 Å². The molecule has 128 valence electrons. The number of amides is 1. The molecule has 0 spiro atoms. The molecule has 0 saturated carbocycles. The first-order chi connectivity index (χ1) is 11.5. The van der Waals surface area contributed by atoms with Crippen molar-refractivity contribution in [3.8, 4) is 11.5 Å². The van der Waals surface area contributed by atoms with Crippen molar-refractivity contribution < 1.29 is 14.3 Å². The molecule has 1 N–H and O–H groups in total. The van der Waals surface area contributed by atoms with Crippen LogP contribution in [0.2, 0.25) is 0 Å². The summed E-state index contributed by atoms with van der Waals surface area (Å²) in [5.41, 5.74) is 3.61. The predicted octanol–water partition coefficient (Wildman–Crippen LogP) is 3.96. The minimum atomic E-state index is -0.129. The van der Waals surface area contributed by atoms with Crippen LogP contribution in [0.25, 0.3) is 0 Å². The number of aryl methyl sites for hydroxylation is 2. The zero-order valence-corrected chi connectivity index (χ0v) is 14.8. The molecule has 0 aromatic heterocycles. The van der Waals surface area contributed by atoms with Crippen molar-refractivity contribution in [1.29, 1.82) is 0 Å². The predicted molar refractivity (Wildman–Crippen MR) is 95.6 cm³/mol. The third-order valence-electron chi connectivity index (χ3n) is 4.11. The van der Waals surface area contributed by atoms with Crippen molar-refractivity contribution in [2.45, 2.75) is 33.2 Å². The maximum Gasteiger partial charge on any atom is 0.258 e. The number of rotatable bonds is 7. The second kappa shape index (κ2) is 8.39. The molecule has 4 heteroatoms. The number of hydrogen-bond donors (Lipinski definition) is 1. The average Bonchev–Trinajstić information content (AvgIpc) is 2.60. The lowest BCUT2D eigenvalue weighted by Crippen LogP contribution is -2.32. The van der Waals surface area contributed by atoms with Gasteiger partial charge in [-0.1, -0.05) is 25.1 Å². The highest BCUT2D eigenvalue weighted by Gasteiger charge is 2.13. The van der Waals surface area contributed by atoms with Gasteiger partial charge in [-0.05, 0) is 61.2 Å². The number of hydrogen-bond acceptors (Lipinski definition) is 3. The van der Waals surface area contributed by atoms with Gasteiger partial charge in [0.05, 0.1) is 13.2 Å². The van der Waals surface area contributed by atoms with Crippen LogP contribution in [0.4, 0.5) is 0 Å². The van der Waals surface area contributed by atoms with Gasteiger partial charge in [-0.15, -0.1) is 0 Å². The number of carbonyl (C=O) groups is 1. The summed E-state index contributed by atoms with van der Waals surface area (Å²) in [4.78, 5) is 12.2. The molecule has 0 aliphatic heterocycles. The number of ether oxygens (including phenoxy) is 2. The van der Waals surface area contributed by atoms with Gasteiger partial charge in [0.25, 0.3) is 5.91 Å². The Hall–Kier alpha value is -2.49. The molecular formula is C20H25NO3. The fourth-order valence-corrected chi connectivity index (χ4v) is 2.46. The Morgan fingerprint density at radius 1 is 1.04 bits per heavy atom. The number of methoxy groups -OCH3 is 1. The molecule has 1 amide bonds. The van der Waals surface area contributed by atoms with E-state index < -0.39 is 0 Å². The van der Waals surface area contributed by atoms with Crippen molar-refractivity contribution in [2.24, 2.45) is 0 Å². The van der Waals surface area contributed by atoms with Crippen molar-refractivity contribution >= 4 is 5.91 Å². The first-order valence-electron chi connectivity index (χ1n) is 8.16. The minimum absolute atomic E-state index is 0.00346. The van der Waals surface area contributed by atoms with Gasteiger partial charge < -0.3 is 14.8 Å². The quantitative estimate of drug-likeness (QED) is 0.837. The maximum atomic E-state index is 12.2. The highest BCUT2D eigenvalue weighted by Crippen LogP contribution is 2.20. The summed E-state index contributed by atoms with van der Waals surface area (Å²) in [6.45, 7) is 6.22. The fourth-order valence-electron chi connectivity index (χ4n) is 2.46. The third kappa shape index (κ3) is 4.75. The molecule has 2 aromatic rings. The van der Waals surface area contributed by atoms with Gasteiger partial charge in [-0.3, -0.25) is 4.79 Å². The Kier molecular flexibility index (Phi) is 6.24. The van der Waals surface area contributed by atoms with Gasteiger partial charge in [0, 0.05) is 0 Å². The Balaban J connectivity index is 1.92. The van der Waals surface area contributed by atoms with E-state index in [0.29, 0.717) is 5.75 Å². The van der Waals surface area contributed by atoms with Gasteiger partial charge in [0.2, 0.25) is 0 Å². The van der Waals surface area contributed by atoms with Crippen LogP contribution < -0.4 is 14.8 Å². The van der Waals surface area contributed by atoms with Gasteiger partial charge in [-0.25, -0.2) is 0 Å². The maximum absolute atomic E-state index is 12.2. The smallest absolute Gasteiger partial charge is 0.258 e. The van der Waals surface area contributed by atoms with E-state index in [9.17, 15) is 4.79 Å². The molecule has 0 saturated heterocycles. The van der Waals surface area contributed by atoms with E-state index in [2.05, 4.69) is 44.3 Å². The zero-order valence-electron chi connectivity index (χ0n) is 14.8. The first-order valence-corrected chi connectivity index (χ1v) is 8.16. The van der Waals surface area contributed by atoms with Gasteiger partial charge in [0.1, 0.15) is 11.5 Å². The van der Waals surface area contributed by atoms with Crippen molar-refractivity contribution in [2.75, 3.05) is 13.7 Å². The van der Waals surface area contributed by atoms with Gasteiger partial charge in [0.15, 0.2) is 6.61 Å². The summed E-state index contributed by atoms with van der Waals surface area (Å²) in [5, 5.41) is 3.03. The molecule has 0 heterocycles. The second-order valence-electron chi connectivity index (χ2n) is 5.84. The van der Waals surface area contributed by atoms with Crippen molar-refractivity contribution in [3.05, 3.63) is 59.2 Å². The molecular weight excluding hydrogens is 302 g/mol. The lowest BCUT2D eigenvalue weighted by Gasteiger charge is -2.19. The highest BCUT2D eigenvalue weighted by molar-refractivity contribution is 5.78. The number of carbonyl (C=O) groups excluding carboxylic acids is 1. The summed E-state index contributed by atoms with van der Waals surface area (Å²) >= 11 is 0. The van der Waals surface area contributed by atoms with Gasteiger partial charge >= 0.3 is 0 Å². The summed E-state index contributed by atoms with van der Waals surface area (Å²) in [6, 6.07) is 13.5. The Morgan fingerprint density at radius 2 is 1.71 bits per heavy atom. The van der Waals surface area contributed by atoms with Crippen LogP contribution in [-0.4, -0.2) is 19.6 Å². The lowest BCUT2D eigenvalue weighted by atomic mass is 9.99. The number of benzene rings is 2. The second-order valence-corrected chi connectivity index (χ2v) is 5.84. The molecule has 0 bridgehead atoms. The molecule has 4 nitrogen and oxygen atoms in total. The van der Waals surface area contributed by atoms with Crippen LogP contribution in [-0.2, 0) is 4.79 Å². The van der Waals surface area contributed by atoms with Crippen LogP contribution in [0.3, 0.4) is 0 Å². The SMILES string of the molecule is CC[C@@H](NC(=O)COc1ccc(OC)cc1)c1ccc(C)c(C)c1. The topological polar surface area (TPSA) is 47.6 Å². The largest absolute Gasteiger partial charge is 0.497 e. The summed E-state index contributed by atoms with van der Waals surface area (Å²) in [7, 11) is 1.61. The summed E-state index contributed by atoms with van der Waals surface area (Å²) < 4.78 is 10.6. The average molecular weight is 327 g/mol. The molecule has 0 fully saturated rings. The highest BCUT2D eigenvalue weighted by atomic mass is 16.5. The Bertz CT molecular complexity index is 680. The fraction of sp³-hybridized carbons (Fsp3) is 0.350. The van der Waals surface area contributed by atoms with Crippen LogP contribution in [0.1, 0.15) is 36.1 Å². The zero-order chi connectivity index (χ0) is 17.5. The van der Waals surface area contributed by atoms with E-state index in [1.165, 1.54) is 11.1 Å². The van der Waals surface area contributed by atoms with E-state index in [1.54, 1.807) is 31.4 Å². The summed E-state index contributed by atoms with van der Waals surface area (Å²) in [5.74, 6) is 1.27. The van der Waals surface area contributed by atoms with E-state index in [0.717, 1.165) is 17.7 Å². The summed E-state index contributed by atoms with van der Waals surface area (Å²) in [6.07, 6.45) is 0.830. The van der Waals surface area contributed by atoms with Gasteiger partial charge in [-0.2, -0.15) is 0 Å². The standard InChI is InChI=1S/C20H25NO3/c1-5-19(16-7-6-14(2)15(3)12-16)21-20(22)13-24-18-10-8-17(23-4)9-11-18/h6-12,19H,5,13H2,1-4H3,(H,21,22)/t19-/m1/s1. The molecule has 1 atom stereocenters. The molecule has 0 aliphatic rings. The normalized spacial score (nSPS) is 11.7. The molecule has 0 unspecified atom stereocenters. The van der Waals surface area contributed by atoms with Crippen LogP contribution in [0, 0.1) is 13.8 Å². The molecule has 24 heavy (non-hydrogen) atoms.